The quantitative estimate of drug-likeness (QED) is 0.603. The van der Waals surface area contributed by atoms with E-state index in [0.717, 1.165) is 13.2 Å². The second-order valence-electron chi connectivity index (χ2n) is 5.92. The fourth-order valence-corrected chi connectivity index (χ4v) is 9.56. The van der Waals surface area contributed by atoms with Crippen LogP contribution in [0.25, 0.3) is 0 Å². The monoisotopic (exact) mass is 267 g/mol. The Morgan fingerprint density at radius 2 is 1.94 bits per heavy atom. The second kappa shape index (κ2) is 5.59. The van der Waals surface area contributed by atoms with Gasteiger partial charge in [-0.1, -0.05) is 50.0 Å². The molecular weight excluding hydrogens is 244 g/mol. The summed E-state index contributed by atoms with van der Waals surface area (Å²) < 4.78 is 5.70. The summed E-state index contributed by atoms with van der Waals surface area (Å²) in [5.41, 5.74) is 1.48. The van der Waals surface area contributed by atoms with Crippen LogP contribution in [0.3, 0.4) is 0 Å². The topological polar surface area (TPSA) is 9.23 Å². The predicted molar refractivity (Wildman–Crippen MR) is 80.4 cm³/mol. The molecule has 1 saturated heterocycles. The molecule has 1 aromatic rings. The van der Waals surface area contributed by atoms with Crippen LogP contribution in [0.1, 0.15) is 10.8 Å². The second-order valence-corrected chi connectivity index (χ2v) is 14.2. The number of hydrogen-bond acceptors (Lipinski definition) is 1. The van der Waals surface area contributed by atoms with Crippen LogP contribution in [0.15, 0.2) is 30.3 Å². The SMILES string of the molecule is C[Si](C)(C)C[S+]1CCOCC1c1ccccc1. The van der Waals surface area contributed by atoms with Crippen molar-refractivity contribution in [1.29, 1.82) is 0 Å². The first kappa shape index (κ1) is 13.2. The van der Waals surface area contributed by atoms with Gasteiger partial charge in [0.15, 0.2) is 5.25 Å². The molecule has 2 atom stereocenters. The Morgan fingerprint density at radius 3 is 2.59 bits per heavy atom. The highest BCUT2D eigenvalue weighted by Gasteiger charge is 2.38. The number of benzene rings is 1. The number of ether oxygens (including phenoxy) is 1. The van der Waals surface area contributed by atoms with Crippen molar-refractivity contribution in [2.75, 3.05) is 24.3 Å². The maximum Gasteiger partial charge on any atom is 0.166 e. The Morgan fingerprint density at radius 1 is 1.24 bits per heavy atom. The largest absolute Gasteiger partial charge is 0.371 e. The lowest BCUT2D eigenvalue weighted by atomic mass is 10.1. The average molecular weight is 267 g/mol. The Hall–Kier alpha value is -0.253. The van der Waals surface area contributed by atoms with E-state index in [1.807, 2.05) is 0 Å². The Kier molecular flexibility index (Phi) is 4.34. The molecule has 0 bridgehead atoms. The third-order valence-electron chi connectivity index (χ3n) is 2.95. The molecule has 0 N–H and O–H groups in total. The first-order chi connectivity index (χ1) is 8.06. The molecule has 2 unspecified atom stereocenters. The van der Waals surface area contributed by atoms with Crippen LogP contribution in [-0.2, 0) is 15.6 Å². The molecule has 1 aliphatic rings. The van der Waals surface area contributed by atoms with Gasteiger partial charge < -0.3 is 4.74 Å². The first-order valence-corrected chi connectivity index (χ1v) is 11.7. The Balaban J connectivity index is 2.13. The minimum atomic E-state index is -0.963. The van der Waals surface area contributed by atoms with Crippen LogP contribution in [0, 0.1) is 0 Å². The highest BCUT2D eigenvalue weighted by Crippen LogP contribution is 2.30. The molecule has 0 spiro atoms. The van der Waals surface area contributed by atoms with E-state index in [1.54, 1.807) is 0 Å². The maximum absolute atomic E-state index is 5.70. The van der Waals surface area contributed by atoms with E-state index in [2.05, 4.69) is 50.0 Å². The molecule has 0 saturated carbocycles. The summed E-state index contributed by atoms with van der Waals surface area (Å²) in [6.07, 6.45) is 0. The van der Waals surface area contributed by atoms with Gasteiger partial charge in [-0.05, 0) is 10.9 Å². The molecule has 1 nitrogen and oxygen atoms in total. The fourth-order valence-electron chi connectivity index (χ4n) is 2.28. The van der Waals surface area contributed by atoms with Gasteiger partial charge in [-0.2, -0.15) is 0 Å². The lowest BCUT2D eigenvalue weighted by Gasteiger charge is -2.27. The summed E-state index contributed by atoms with van der Waals surface area (Å²) in [6, 6.07) is 10.9. The number of hydrogen-bond donors (Lipinski definition) is 0. The summed E-state index contributed by atoms with van der Waals surface area (Å²) >= 11 is 0. The highest BCUT2D eigenvalue weighted by atomic mass is 32.2. The third-order valence-corrected chi connectivity index (χ3v) is 9.80. The van der Waals surface area contributed by atoms with Gasteiger partial charge in [-0.25, -0.2) is 0 Å². The minimum absolute atomic E-state index is 0.534. The standard InChI is InChI=1S/C14H23OSSi/c1-17(2,3)12-16-10-9-15-11-14(16)13-7-5-4-6-8-13/h4-8,14H,9-12H2,1-3H3/q+1. The third kappa shape index (κ3) is 3.87. The molecule has 1 heterocycles. The molecule has 3 heteroatoms. The molecule has 1 fully saturated rings. The highest BCUT2D eigenvalue weighted by molar-refractivity contribution is 7.98. The van der Waals surface area contributed by atoms with Gasteiger partial charge in [0, 0.05) is 5.56 Å². The van der Waals surface area contributed by atoms with Crippen molar-refractivity contribution in [2.24, 2.45) is 0 Å². The van der Waals surface area contributed by atoms with Gasteiger partial charge in [0.1, 0.15) is 13.8 Å². The Labute approximate surface area is 109 Å². The molecule has 0 aliphatic carbocycles. The van der Waals surface area contributed by atoms with Crippen molar-refractivity contribution in [2.45, 2.75) is 24.9 Å². The van der Waals surface area contributed by atoms with Crippen LogP contribution in [0.5, 0.6) is 0 Å². The van der Waals surface area contributed by atoms with E-state index in [9.17, 15) is 0 Å². The summed E-state index contributed by atoms with van der Waals surface area (Å²) in [6.45, 7) is 9.35. The van der Waals surface area contributed by atoms with Gasteiger partial charge in [0.25, 0.3) is 0 Å². The van der Waals surface area contributed by atoms with E-state index in [-0.39, 0.29) is 0 Å². The predicted octanol–water partition coefficient (Wildman–Crippen LogP) is 3.25. The van der Waals surface area contributed by atoms with Crippen molar-refractivity contribution in [1.82, 2.24) is 0 Å². The summed E-state index contributed by atoms with van der Waals surface area (Å²) in [4.78, 5) is 0. The summed E-state index contributed by atoms with van der Waals surface area (Å²) in [5.74, 6) is 1.27. The van der Waals surface area contributed by atoms with Gasteiger partial charge in [-0.3, -0.25) is 0 Å². The first-order valence-electron chi connectivity index (χ1n) is 6.35. The normalized spacial score (nSPS) is 25.8. The smallest absolute Gasteiger partial charge is 0.166 e. The van der Waals surface area contributed by atoms with Crippen molar-refractivity contribution in [3.05, 3.63) is 35.9 Å². The lowest BCUT2D eigenvalue weighted by Crippen LogP contribution is -2.41. The van der Waals surface area contributed by atoms with E-state index < -0.39 is 8.07 Å². The van der Waals surface area contributed by atoms with Crippen molar-refractivity contribution in [3.8, 4) is 0 Å². The van der Waals surface area contributed by atoms with Gasteiger partial charge in [0.05, 0.1) is 18.6 Å². The maximum atomic E-state index is 5.70. The van der Waals surface area contributed by atoms with Crippen LogP contribution < -0.4 is 0 Å². The van der Waals surface area contributed by atoms with Crippen molar-refractivity contribution in [3.63, 3.8) is 0 Å². The Bertz CT molecular complexity index is 347. The molecular formula is C14H23OSSi+. The van der Waals surface area contributed by atoms with E-state index in [0.29, 0.717) is 16.1 Å². The average Bonchev–Trinajstić information content (AvgIpc) is 2.29. The molecule has 1 aliphatic heterocycles. The van der Waals surface area contributed by atoms with Crippen LogP contribution in [0.4, 0.5) is 0 Å². The summed E-state index contributed by atoms with van der Waals surface area (Å²) in [7, 11) is -0.429. The van der Waals surface area contributed by atoms with Crippen LogP contribution in [0.2, 0.25) is 19.6 Å². The zero-order valence-corrected chi connectivity index (χ0v) is 12.9. The van der Waals surface area contributed by atoms with Crippen LogP contribution >= 0.6 is 0 Å². The zero-order valence-electron chi connectivity index (χ0n) is 11.1. The van der Waals surface area contributed by atoms with Crippen LogP contribution in [-0.4, -0.2) is 32.4 Å². The molecule has 0 amide bonds. The fraction of sp³-hybridized carbons (Fsp3) is 0.571. The molecule has 94 valence electrons. The summed E-state index contributed by atoms with van der Waals surface area (Å²) in [5, 5.41) is 2.10. The molecule has 17 heavy (non-hydrogen) atoms. The van der Waals surface area contributed by atoms with Gasteiger partial charge in [-0.15, -0.1) is 0 Å². The molecule has 0 radical (unpaired) electrons. The van der Waals surface area contributed by atoms with E-state index in [1.165, 1.54) is 16.7 Å². The lowest BCUT2D eigenvalue weighted by molar-refractivity contribution is 0.142. The van der Waals surface area contributed by atoms with E-state index in [4.69, 9.17) is 4.74 Å². The van der Waals surface area contributed by atoms with Gasteiger partial charge in [0.2, 0.25) is 0 Å². The minimum Gasteiger partial charge on any atom is -0.371 e. The molecule has 2 rings (SSSR count). The molecule has 1 aromatic carbocycles. The zero-order chi connectivity index (χ0) is 12.3. The number of rotatable bonds is 3. The van der Waals surface area contributed by atoms with Crippen molar-refractivity contribution < 1.29 is 4.74 Å². The molecule has 0 aromatic heterocycles. The van der Waals surface area contributed by atoms with Gasteiger partial charge >= 0.3 is 0 Å². The van der Waals surface area contributed by atoms with E-state index >= 15 is 0 Å². The van der Waals surface area contributed by atoms with Crippen molar-refractivity contribution >= 4 is 19.0 Å².